The van der Waals surface area contributed by atoms with E-state index in [4.69, 9.17) is 20.8 Å². The molecular weight excluding hydrogens is 368 g/mol. The Morgan fingerprint density at radius 2 is 1.55 bits per heavy atom. The van der Waals surface area contributed by atoms with Gasteiger partial charge in [0.1, 0.15) is 18.1 Å². The van der Waals surface area contributed by atoms with Crippen LogP contribution in [0.1, 0.15) is 36.5 Å². The van der Waals surface area contributed by atoms with Crippen molar-refractivity contribution in [2.45, 2.75) is 25.9 Å². The van der Waals surface area contributed by atoms with Gasteiger partial charge in [0.25, 0.3) is 5.90 Å². The smallest absolute Gasteiger partial charge is 0.275 e. The van der Waals surface area contributed by atoms with Gasteiger partial charge in [0.05, 0.1) is 12.8 Å². The SMILES string of the molecule is COc1ccc(C(C)(C)c2ccc(OCc3ccnc(C(=N)ON)n3)cc2)cc1. The molecule has 0 aliphatic rings. The van der Waals surface area contributed by atoms with Crippen LogP contribution in [0.5, 0.6) is 11.5 Å². The average Bonchev–Trinajstić information content (AvgIpc) is 2.77. The molecule has 0 amide bonds. The standard InChI is InChI=1S/C22H24N4O3/c1-22(2,15-4-8-18(27-3)9-5-15)16-6-10-19(11-7-16)28-14-17-12-13-25-21(26-17)20(23)29-24/h4-13,23H,14,24H2,1-3H3. The van der Waals surface area contributed by atoms with Gasteiger partial charge in [-0.2, -0.15) is 5.90 Å². The molecule has 0 aliphatic carbocycles. The molecule has 0 saturated heterocycles. The van der Waals surface area contributed by atoms with Crippen molar-refractivity contribution in [3.63, 3.8) is 0 Å². The molecule has 0 aliphatic heterocycles. The van der Waals surface area contributed by atoms with Gasteiger partial charge < -0.3 is 14.3 Å². The second kappa shape index (κ2) is 8.70. The van der Waals surface area contributed by atoms with Gasteiger partial charge in [-0.15, -0.1) is 0 Å². The first-order valence-electron chi connectivity index (χ1n) is 9.09. The summed E-state index contributed by atoms with van der Waals surface area (Å²) in [6.07, 6.45) is 1.54. The lowest BCUT2D eigenvalue weighted by atomic mass is 9.78. The van der Waals surface area contributed by atoms with E-state index in [9.17, 15) is 0 Å². The molecule has 2 aromatic carbocycles. The van der Waals surface area contributed by atoms with Crippen LogP contribution in [0.15, 0.2) is 60.8 Å². The third kappa shape index (κ3) is 4.70. The van der Waals surface area contributed by atoms with E-state index >= 15 is 0 Å². The number of nitrogens with one attached hydrogen (secondary N) is 1. The predicted molar refractivity (Wildman–Crippen MR) is 110 cm³/mol. The van der Waals surface area contributed by atoms with Crippen LogP contribution in [0.4, 0.5) is 0 Å². The van der Waals surface area contributed by atoms with E-state index in [0.29, 0.717) is 5.69 Å². The molecule has 1 heterocycles. The van der Waals surface area contributed by atoms with Crippen LogP contribution in [0.25, 0.3) is 0 Å². The Hall–Kier alpha value is -3.45. The highest BCUT2D eigenvalue weighted by molar-refractivity contribution is 5.87. The van der Waals surface area contributed by atoms with Gasteiger partial charge in [-0.3, -0.25) is 5.41 Å². The third-order valence-corrected chi connectivity index (χ3v) is 4.81. The first kappa shape index (κ1) is 20.3. The van der Waals surface area contributed by atoms with Crippen molar-refractivity contribution in [3.05, 3.63) is 83.4 Å². The molecule has 0 atom stereocenters. The van der Waals surface area contributed by atoms with Gasteiger partial charge >= 0.3 is 0 Å². The largest absolute Gasteiger partial charge is 0.497 e. The molecule has 3 rings (SSSR count). The van der Waals surface area contributed by atoms with Crippen molar-refractivity contribution in [1.82, 2.24) is 9.97 Å². The normalized spacial score (nSPS) is 11.0. The van der Waals surface area contributed by atoms with Crippen molar-refractivity contribution >= 4 is 5.90 Å². The van der Waals surface area contributed by atoms with Crippen LogP contribution < -0.4 is 15.4 Å². The summed E-state index contributed by atoms with van der Waals surface area (Å²) in [6.45, 7) is 4.61. The topological polar surface area (TPSA) is 103 Å². The van der Waals surface area contributed by atoms with Crippen molar-refractivity contribution in [3.8, 4) is 11.5 Å². The van der Waals surface area contributed by atoms with Crippen molar-refractivity contribution in [1.29, 1.82) is 5.41 Å². The molecule has 7 nitrogen and oxygen atoms in total. The van der Waals surface area contributed by atoms with Gasteiger partial charge in [-0.05, 0) is 41.5 Å². The molecule has 1 aromatic heterocycles. The highest BCUT2D eigenvalue weighted by Gasteiger charge is 2.23. The van der Waals surface area contributed by atoms with Crippen LogP contribution in [0, 0.1) is 5.41 Å². The summed E-state index contributed by atoms with van der Waals surface area (Å²) in [5.41, 5.74) is 2.84. The second-order valence-electron chi connectivity index (χ2n) is 6.99. The fourth-order valence-electron chi connectivity index (χ4n) is 2.94. The number of hydrogen-bond acceptors (Lipinski definition) is 7. The van der Waals surface area contributed by atoms with Gasteiger partial charge in [-0.1, -0.05) is 38.1 Å². The first-order valence-corrected chi connectivity index (χ1v) is 9.09. The zero-order valence-electron chi connectivity index (χ0n) is 16.7. The van der Waals surface area contributed by atoms with Crippen molar-refractivity contribution < 1.29 is 14.3 Å². The fourth-order valence-corrected chi connectivity index (χ4v) is 2.94. The van der Waals surface area contributed by atoms with Crippen LogP contribution in [-0.2, 0) is 16.9 Å². The number of rotatable bonds is 7. The van der Waals surface area contributed by atoms with E-state index in [0.717, 1.165) is 11.5 Å². The van der Waals surface area contributed by atoms with Crippen LogP contribution >= 0.6 is 0 Å². The molecule has 0 spiro atoms. The summed E-state index contributed by atoms with van der Waals surface area (Å²) in [7, 11) is 1.66. The second-order valence-corrected chi connectivity index (χ2v) is 6.99. The van der Waals surface area contributed by atoms with Gasteiger partial charge in [-0.25, -0.2) is 9.97 Å². The highest BCUT2D eigenvalue weighted by Crippen LogP contribution is 2.33. The number of ether oxygens (including phenoxy) is 2. The molecule has 0 unspecified atom stereocenters. The number of nitrogens with zero attached hydrogens (tertiary/aromatic N) is 2. The summed E-state index contributed by atoms with van der Waals surface area (Å²) < 4.78 is 11.1. The maximum Gasteiger partial charge on any atom is 0.275 e. The van der Waals surface area contributed by atoms with Crippen LogP contribution in [-0.4, -0.2) is 23.0 Å². The Morgan fingerprint density at radius 3 is 2.10 bits per heavy atom. The lowest BCUT2D eigenvalue weighted by Crippen LogP contribution is -2.18. The van der Waals surface area contributed by atoms with Crippen molar-refractivity contribution in [2.75, 3.05) is 7.11 Å². The Kier molecular flexibility index (Phi) is 6.09. The first-order chi connectivity index (χ1) is 13.9. The fraction of sp³-hybridized carbons (Fsp3) is 0.227. The minimum Gasteiger partial charge on any atom is -0.497 e. The average molecular weight is 392 g/mol. The number of hydrogen-bond donors (Lipinski definition) is 2. The number of nitrogens with two attached hydrogens (primary N) is 1. The lowest BCUT2D eigenvalue weighted by Gasteiger charge is -2.26. The Morgan fingerprint density at radius 1 is 0.966 bits per heavy atom. The van der Waals surface area contributed by atoms with Crippen LogP contribution in [0.3, 0.4) is 0 Å². The molecule has 7 heteroatoms. The summed E-state index contributed by atoms with van der Waals surface area (Å²) >= 11 is 0. The number of aromatic nitrogens is 2. The molecule has 0 fully saturated rings. The Balaban J connectivity index is 1.69. The minimum absolute atomic E-state index is 0.116. The molecule has 3 aromatic rings. The highest BCUT2D eigenvalue weighted by atomic mass is 16.6. The maximum atomic E-state index is 7.53. The molecule has 0 bridgehead atoms. The van der Waals surface area contributed by atoms with E-state index in [1.165, 1.54) is 17.3 Å². The number of benzene rings is 2. The monoisotopic (exact) mass is 392 g/mol. The molecule has 0 radical (unpaired) electrons. The lowest BCUT2D eigenvalue weighted by molar-refractivity contribution is 0.299. The van der Waals surface area contributed by atoms with Crippen molar-refractivity contribution in [2.24, 2.45) is 5.90 Å². The molecule has 3 N–H and O–H groups in total. The summed E-state index contributed by atoms with van der Waals surface area (Å²) in [5.74, 6) is 6.37. The van der Waals surface area contributed by atoms with Crippen LogP contribution in [0.2, 0.25) is 0 Å². The molecule has 29 heavy (non-hydrogen) atoms. The molecule has 0 saturated carbocycles. The van der Waals surface area contributed by atoms with E-state index < -0.39 is 0 Å². The number of methoxy groups -OCH3 is 1. The predicted octanol–water partition coefficient (Wildman–Crippen LogP) is 3.61. The van der Waals surface area contributed by atoms with E-state index in [1.54, 1.807) is 13.2 Å². The van der Waals surface area contributed by atoms with Gasteiger partial charge in [0, 0.05) is 11.6 Å². The van der Waals surface area contributed by atoms with E-state index in [-0.39, 0.29) is 23.7 Å². The quantitative estimate of drug-likeness (QED) is 0.362. The summed E-state index contributed by atoms with van der Waals surface area (Å²) in [5, 5.41) is 7.53. The summed E-state index contributed by atoms with van der Waals surface area (Å²) in [4.78, 5) is 12.5. The summed E-state index contributed by atoms with van der Waals surface area (Å²) in [6, 6.07) is 17.8. The van der Waals surface area contributed by atoms with E-state index in [2.05, 4.69) is 52.9 Å². The zero-order chi connectivity index (χ0) is 20.9. The zero-order valence-corrected chi connectivity index (χ0v) is 16.7. The maximum absolute atomic E-state index is 7.53. The minimum atomic E-state index is -0.294. The Bertz CT molecular complexity index is 970. The molecule has 150 valence electrons. The Labute approximate surface area is 169 Å². The van der Waals surface area contributed by atoms with Gasteiger partial charge in [0.15, 0.2) is 0 Å². The molecular formula is C22H24N4O3. The third-order valence-electron chi connectivity index (χ3n) is 4.81. The van der Waals surface area contributed by atoms with Gasteiger partial charge in [0.2, 0.25) is 5.82 Å². The van der Waals surface area contributed by atoms with E-state index in [1.807, 2.05) is 24.3 Å².